The highest BCUT2D eigenvalue weighted by atomic mass is 16.5. The molecule has 0 radical (unpaired) electrons. The number of carbonyl (C=O) groups excluding carboxylic acids is 2. The normalized spacial score (nSPS) is 16.4. The minimum Gasteiger partial charge on any atom is -0.370 e. The van der Waals surface area contributed by atoms with Gasteiger partial charge in [-0.2, -0.15) is 0 Å². The van der Waals surface area contributed by atoms with E-state index >= 15 is 0 Å². The lowest BCUT2D eigenvalue weighted by Crippen LogP contribution is -3.14. The van der Waals surface area contributed by atoms with E-state index in [1.54, 1.807) is 12.3 Å². The van der Waals surface area contributed by atoms with Gasteiger partial charge in [-0.15, -0.1) is 0 Å². The summed E-state index contributed by atoms with van der Waals surface area (Å²) in [6.07, 6.45) is 1.57. The number of H-pyrrole nitrogens is 1. The van der Waals surface area contributed by atoms with Crippen LogP contribution in [0.2, 0.25) is 0 Å². The van der Waals surface area contributed by atoms with Crippen molar-refractivity contribution in [1.29, 1.82) is 0 Å². The summed E-state index contributed by atoms with van der Waals surface area (Å²) >= 11 is 0. The van der Waals surface area contributed by atoms with Crippen molar-refractivity contribution < 1.29 is 19.2 Å². The monoisotopic (exact) mass is 342 g/mol. The second-order valence-electron chi connectivity index (χ2n) is 6.36. The van der Waals surface area contributed by atoms with E-state index in [9.17, 15) is 9.59 Å². The van der Waals surface area contributed by atoms with Gasteiger partial charge in [-0.1, -0.05) is 30.3 Å². The van der Waals surface area contributed by atoms with Crippen LogP contribution < -0.4 is 10.2 Å². The van der Waals surface area contributed by atoms with E-state index in [0.717, 1.165) is 38.4 Å². The molecule has 1 aromatic carbocycles. The standard InChI is InChI=1S/C19H23N3O3/c1-14(23)16-11-17(20-12-16)19(24)21-18(15-5-3-2-4-6-15)13-22-7-9-25-10-8-22/h2-6,11-12,18,20H,7-10,13H2,1H3,(H,21,24)/p+1/t18-/m0/s1. The number of benzene rings is 1. The van der Waals surface area contributed by atoms with Gasteiger partial charge in [0, 0.05) is 11.8 Å². The zero-order chi connectivity index (χ0) is 17.6. The molecule has 25 heavy (non-hydrogen) atoms. The van der Waals surface area contributed by atoms with E-state index in [-0.39, 0.29) is 17.7 Å². The minimum atomic E-state index is -0.200. The van der Waals surface area contributed by atoms with Crippen LogP contribution in [0.5, 0.6) is 0 Å². The topological polar surface area (TPSA) is 75.6 Å². The molecule has 1 fully saturated rings. The number of aromatic nitrogens is 1. The van der Waals surface area contributed by atoms with E-state index in [0.29, 0.717) is 11.3 Å². The second kappa shape index (κ2) is 8.09. The Labute approximate surface area is 147 Å². The van der Waals surface area contributed by atoms with Crippen molar-refractivity contribution in [3.63, 3.8) is 0 Å². The Morgan fingerprint density at radius 3 is 2.60 bits per heavy atom. The second-order valence-corrected chi connectivity index (χ2v) is 6.36. The quantitative estimate of drug-likeness (QED) is 0.673. The first-order valence-electron chi connectivity index (χ1n) is 8.60. The predicted octanol–water partition coefficient (Wildman–Crippen LogP) is 0.604. The lowest BCUT2D eigenvalue weighted by atomic mass is 10.1. The third-order valence-corrected chi connectivity index (χ3v) is 4.53. The molecule has 1 saturated heterocycles. The fourth-order valence-electron chi connectivity index (χ4n) is 3.06. The van der Waals surface area contributed by atoms with E-state index in [2.05, 4.69) is 10.3 Å². The Bertz CT molecular complexity index is 721. The smallest absolute Gasteiger partial charge is 0.268 e. The SMILES string of the molecule is CC(=O)c1c[nH]c(C(=O)N[C@@H](C[NH+]2CCOCC2)c2ccccc2)c1. The van der Waals surface area contributed by atoms with Crippen molar-refractivity contribution in [1.82, 2.24) is 10.3 Å². The molecule has 1 aliphatic heterocycles. The first kappa shape index (κ1) is 17.4. The maximum absolute atomic E-state index is 12.6. The zero-order valence-corrected chi connectivity index (χ0v) is 14.4. The van der Waals surface area contributed by atoms with Crippen LogP contribution >= 0.6 is 0 Å². The molecule has 0 saturated carbocycles. The summed E-state index contributed by atoms with van der Waals surface area (Å²) in [5.74, 6) is -0.262. The van der Waals surface area contributed by atoms with Gasteiger partial charge in [0.05, 0.1) is 13.2 Å². The number of ketones is 1. The number of quaternary nitrogens is 1. The summed E-state index contributed by atoms with van der Waals surface area (Å²) < 4.78 is 5.42. The molecule has 1 amide bonds. The average molecular weight is 342 g/mol. The molecule has 6 nitrogen and oxygen atoms in total. The maximum Gasteiger partial charge on any atom is 0.268 e. The van der Waals surface area contributed by atoms with Crippen molar-refractivity contribution >= 4 is 11.7 Å². The number of hydrogen-bond acceptors (Lipinski definition) is 3. The molecule has 0 bridgehead atoms. The first-order chi connectivity index (χ1) is 12.1. The third kappa shape index (κ3) is 4.55. The van der Waals surface area contributed by atoms with Crippen LogP contribution in [0.25, 0.3) is 0 Å². The summed E-state index contributed by atoms with van der Waals surface area (Å²) in [5.41, 5.74) is 2.00. The molecular formula is C19H24N3O3+. The van der Waals surface area contributed by atoms with Gasteiger partial charge in [-0.25, -0.2) is 0 Å². The summed E-state index contributed by atoms with van der Waals surface area (Å²) in [6, 6.07) is 11.5. The van der Waals surface area contributed by atoms with Crippen LogP contribution in [0.1, 0.15) is 39.4 Å². The molecule has 1 aromatic heterocycles. The lowest BCUT2D eigenvalue weighted by molar-refractivity contribution is -0.909. The number of Topliss-reactive ketones (excluding diaryl/α,β-unsaturated/α-hetero) is 1. The van der Waals surface area contributed by atoms with Crippen LogP contribution in [-0.2, 0) is 4.74 Å². The van der Waals surface area contributed by atoms with Crippen molar-refractivity contribution in [2.24, 2.45) is 0 Å². The number of aromatic amines is 1. The van der Waals surface area contributed by atoms with Crippen molar-refractivity contribution in [2.45, 2.75) is 13.0 Å². The van der Waals surface area contributed by atoms with E-state index in [1.165, 1.54) is 11.8 Å². The number of rotatable bonds is 6. The number of hydrogen-bond donors (Lipinski definition) is 3. The Morgan fingerprint density at radius 1 is 1.24 bits per heavy atom. The van der Waals surface area contributed by atoms with E-state index in [1.807, 2.05) is 30.3 Å². The highest BCUT2D eigenvalue weighted by Gasteiger charge is 2.24. The lowest BCUT2D eigenvalue weighted by Gasteiger charge is -2.28. The van der Waals surface area contributed by atoms with Gasteiger partial charge in [0.2, 0.25) is 0 Å². The fraction of sp³-hybridized carbons (Fsp3) is 0.368. The molecule has 0 aliphatic carbocycles. The van der Waals surface area contributed by atoms with Crippen LogP contribution in [-0.4, -0.2) is 49.5 Å². The molecule has 2 aromatic rings. The fourth-order valence-corrected chi connectivity index (χ4v) is 3.06. The van der Waals surface area contributed by atoms with Crippen LogP contribution in [0, 0.1) is 0 Å². The molecule has 1 atom stereocenters. The van der Waals surface area contributed by atoms with Crippen molar-refractivity contribution in [3.05, 3.63) is 59.4 Å². The van der Waals surface area contributed by atoms with Gasteiger partial charge >= 0.3 is 0 Å². The van der Waals surface area contributed by atoms with Crippen LogP contribution in [0.15, 0.2) is 42.6 Å². The van der Waals surface area contributed by atoms with Gasteiger partial charge in [0.15, 0.2) is 5.78 Å². The van der Waals surface area contributed by atoms with Crippen molar-refractivity contribution in [3.8, 4) is 0 Å². The molecule has 132 valence electrons. The van der Waals surface area contributed by atoms with Crippen molar-refractivity contribution in [2.75, 3.05) is 32.8 Å². The van der Waals surface area contributed by atoms with Crippen LogP contribution in [0.4, 0.5) is 0 Å². The van der Waals surface area contributed by atoms with Gasteiger partial charge in [-0.3, -0.25) is 9.59 Å². The van der Waals surface area contributed by atoms with Gasteiger partial charge in [0.25, 0.3) is 5.91 Å². The van der Waals surface area contributed by atoms with Crippen LogP contribution in [0.3, 0.4) is 0 Å². The molecule has 0 spiro atoms. The Morgan fingerprint density at radius 2 is 1.96 bits per heavy atom. The van der Waals surface area contributed by atoms with E-state index in [4.69, 9.17) is 4.74 Å². The number of amides is 1. The highest BCUT2D eigenvalue weighted by Crippen LogP contribution is 2.13. The molecule has 1 aliphatic rings. The number of ether oxygens (including phenoxy) is 1. The number of nitrogens with one attached hydrogen (secondary N) is 3. The maximum atomic E-state index is 12.6. The molecule has 3 rings (SSSR count). The first-order valence-corrected chi connectivity index (χ1v) is 8.60. The summed E-state index contributed by atoms with van der Waals surface area (Å²) in [7, 11) is 0. The average Bonchev–Trinajstić information content (AvgIpc) is 3.13. The molecule has 3 N–H and O–H groups in total. The summed E-state index contributed by atoms with van der Waals surface area (Å²) in [4.78, 5) is 28.3. The third-order valence-electron chi connectivity index (χ3n) is 4.53. The minimum absolute atomic E-state index is 0.0623. The molecular weight excluding hydrogens is 318 g/mol. The van der Waals surface area contributed by atoms with Gasteiger partial charge in [-0.05, 0) is 18.6 Å². The summed E-state index contributed by atoms with van der Waals surface area (Å²) in [6.45, 7) is 5.68. The molecule has 0 unspecified atom stereocenters. The molecule has 2 heterocycles. The Hall–Kier alpha value is -2.44. The van der Waals surface area contributed by atoms with Gasteiger partial charge < -0.3 is 19.9 Å². The Balaban J connectivity index is 1.73. The number of morpholine rings is 1. The predicted molar refractivity (Wildman–Crippen MR) is 93.8 cm³/mol. The zero-order valence-electron chi connectivity index (χ0n) is 14.4. The highest BCUT2D eigenvalue weighted by molar-refractivity contribution is 5.99. The summed E-state index contributed by atoms with van der Waals surface area (Å²) in [5, 5.41) is 3.11. The Kier molecular flexibility index (Phi) is 5.63. The van der Waals surface area contributed by atoms with E-state index < -0.39 is 0 Å². The number of carbonyl (C=O) groups is 2. The van der Waals surface area contributed by atoms with Gasteiger partial charge in [0.1, 0.15) is 31.4 Å². The largest absolute Gasteiger partial charge is 0.370 e. The molecule has 6 heteroatoms.